The lowest BCUT2D eigenvalue weighted by molar-refractivity contribution is -0.122. The number of carbonyl (C=O) groups excluding carboxylic acids is 2. The largest absolute Gasteiger partial charge is 0.315 e. The van der Waals surface area contributed by atoms with Crippen LogP contribution in [0.4, 0.5) is 11.4 Å². The van der Waals surface area contributed by atoms with Gasteiger partial charge in [-0.3, -0.25) is 19.3 Å². The standard InChI is InChI=1S/C19H16N4O4/c1-14(24)22(26-12-20)18-7-3-16(4-8-18)11-17-5-9-19(10-6-17)23(15(2)25)27-13-21/h3-10H,11H2,1-2H3. The first-order valence-corrected chi connectivity index (χ1v) is 7.87. The zero-order valence-electron chi connectivity index (χ0n) is 14.7. The van der Waals surface area contributed by atoms with Gasteiger partial charge >= 0.3 is 12.5 Å². The molecule has 2 rings (SSSR count). The van der Waals surface area contributed by atoms with Crippen LogP contribution in [0.3, 0.4) is 0 Å². The van der Waals surface area contributed by atoms with Crippen molar-refractivity contribution < 1.29 is 19.3 Å². The van der Waals surface area contributed by atoms with Crippen molar-refractivity contribution in [2.75, 3.05) is 10.1 Å². The summed E-state index contributed by atoms with van der Waals surface area (Å²) in [7, 11) is 0. The molecule has 2 aromatic rings. The van der Waals surface area contributed by atoms with E-state index in [2.05, 4.69) is 9.68 Å². The first-order chi connectivity index (χ1) is 13.0. The third kappa shape index (κ3) is 4.97. The van der Waals surface area contributed by atoms with Gasteiger partial charge in [0.25, 0.3) is 11.8 Å². The molecule has 0 fully saturated rings. The molecule has 0 aliphatic heterocycles. The maximum atomic E-state index is 11.5. The molecule has 2 aromatic carbocycles. The Morgan fingerprint density at radius 2 is 1.11 bits per heavy atom. The lowest BCUT2D eigenvalue weighted by Gasteiger charge is -2.16. The topological polar surface area (TPSA) is 107 Å². The molecule has 136 valence electrons. The van der Waals surface area contributed by atoms with Crippen LogP contribution in [0.15, 0.2) is 48.5 Å². The van der Waals surface area contributed by atoms with Crippen molar-refractivity contribution in [2.45, 2.75) is 20.3 Å². The average Bonchev–Trinajstić information content (AvgIpc) is 2.65. The van der Waals surface area contributed by atoms with Gasteiger partial charge in [-0.1, -0.05) is 24.3 Å². The van der Waals surface area contributed by atoms with Gasteiger partial charge in [0.05, 0.1) is 11.4 Å². The summed E-state index contributed by atoms with van der Waals surface area (Å²) in [5, 5.41) is 19.0. The van der Waals surface area contributed by atoms with Gasteiger partial charge in [-0.15, -0.1) is 20.7 Å². The van der Waals surface area contributed by atoms with Crippen LogP contribution in [-0.4, -0.2) is 11.8 Å². The molecule has 8 nitrogen and oxygen atoms in total. The van der Waals surface area contributed by atoms with E-state index >= 15 is 0 Å². The molecule has 0 aliphatic carbocycles. The summed E-state index contributed by atoms with van der Waals surface area (Å²) in [6.07, 6.45) is 3.57. The quantitative estimate of drug-likeness (QED) is 0.576. The van der Waals surface area contributed by atoms with E-state index in [0.717, 1.165) is 21.3 Å². The molecule has 0 bridgehead atoms. The van der Waals surface area contributed by atoms with Crippen molar-refractivity contribution >= 4 is 23.2 Å². The predicted molar refractivity (Wildman–Crippen MR) is 95.4 cm³/mol. The van der Waals surface area contributed by atoms with E-state index < -0.39 is 11.8 Å². The Hall–Kier alpha value is -4.04. The second-order valence-electron chi connectivity index (χ2n) is 5.50. The van der Waals surface area contributed by atoms with Crippen molar-refractivity contribution in [3.05, 3.63) is 59.7 Å². The van der Waals surface area contributed by atoms with Gasteiger partial charge in [0.1, 0.15) is 0 Å². The van der Waals surface area contributed by atoms with Gasteiger partial charge in [0, 0.05) is 13.8 Å². The summed E-state index contributed by atoms with van der Waals surface area (Å²) >= 11 is 0. The number of hydroxylamine groups is 2. The Kier molecular flexibility index (Phi) is 6.34. The third-order valence-electron chi connectivity index (χ3n) is 3.59. The molecule has 0 N–H and O–H groups in total. The van der Waals surface area contributed by atoms with Gasteiger partial charge in [0.15, 0.2) is 0 Å². The maximum absolute atomic E-state index is 11.5. The highest BCUT2D eigenvalue weighted by Crippen LogP contribution is 2.20. The molecule has 0 unspecified atom stereocenters. The van der Waals surface area contributed by atoms with Crippen LogP contribution < -0.4 is 10.1 Å². The Morgan fingerprint density at radius 3 is 1.37 bits per heavy atom. The number of hydrogen-bond acceptors (Lipinski definition) is 6. The number of carbonyl (C=O) groups is 2. The van der Waals surface area contributed by atoms with E-state index in [4.69, 9.17) is 10.5 Å². The normalized spacial score (nSPS) is 9.48. The van der Waals surface area contributed by atoms with Crippen LogP contribution in [0.5, 0.6) is 0 Å². The molecule has 27 heavy (non-hydrogen) atoms. The first-order valence-electron chi connectivity index (χ1n) is 7.87. The van der Waals surface area contributed by atoms with E-state index in [1.807, 2.05) is 24.3 Å². The fraction of sp³-hybridized carbons (Fsp3) is 0.158. The van der Waals surface area contributed by atoms with Crippen molar-refractivity contribution in [1.82, 2.24) is 0 Å². The molecule has 0 saturated carbocycles. The molecule has 0 heterocycles. The van der Waals surface area contributed by atoms with Crippen LogP contribution in [0, 0.1) is 23.0 Å². The Labute approximate surface area is 156 Å². The minimum absolute atomic E-state index is 0.408. The maximum Gasteiger partial charge on any atom is 0.315 e. The molecule has 0 aromatic heterocycles. The van der Waals surface area contributed by atoms with Crippen LogP contribution in [0.2, 0.25) is 0 Å². The smallest absolute Gasteiger partial charge is 0.291 e. The fourth-order valence-corrected chi connectivity index (χ4v) is 2.41. The summed E-state index contributed by atoms with van der Waals surface area (Å²) in [5.74, 6) is -0.816. The molecule has 0 aliphatic rings. The van der Waals surface area contributed by atoms with Gasteiger partial charge in [-0.05, 0) is 41.8 Å². The van der Waals surface area contributed by atoms with E-state index in [1.54, 1.807) is 24.3 Å². The summed E-state index contributed by atoms with van der Waals surface area (Å²) in [4.78, 5) is 32.3. The molecular formula is C19H16N4O4. The van der Waals surface area contributed by atoms with Gasteiger partial charge in [-0.25, -0.2) is 0 Å². The first kappa shape index (κ1) is 19.3. The number of amides is 2. The summed E-state index contributed by atoms with van der Waals surface area (Å²) < 4.78 is 0. The minimum atomic E-state index is -0.408. The zero-order valence-corrected chi connectivity index (χ0v) is 14.7. The average molecular weight is 364 g/mol. The zero-order chi connectivity index (χ0) is 19.8. The highest BCUT2D eigenvalue weighted by molar-refractivity contribution is 5.90. The monoisotopic (exact) mass is 364 g/mol. The Balaban J connectivity index is 2.11. The Morgan fingerprint density at radius 1 is 0.778 bits per heavy atom. The SMILES string of the molecule is CC(=O)N(OC#N)c1ccc(Cc2ccc(N(OC#N)C(C)=O)cc2)cc1. The lowest BCUT2D eigenvalue weighted by Crippen LogP contribution is -2.26. The number of rotatable bonds is 6. The molecule has 0 radical (unpaired) electrons. The van der Waals surface area contributed by atoms with Crippen molar-refractivity contribution in [2.24, 2.45) is 0 Å². The van der Waals surface area contributed by atoms with E-state index in [0.29, 0.717) is 17.8 Å². The molecule has 0 spiro atoms. The number of nitriles is 2. The van der Waals surface area contributed by atoms with E-state index in [1.165, 1.54) is 26.4 Å². The fourth-order valence-electron chi connectivity index (χ4n) is 2.41. The summed E-state index contributed by atoms with van der Waals surface area (Å²) in [6, 6.07) is 14.0. The van der Waals surface area contributed by atoms with Crippen molar-refractivity contribution in [3.8, 4) is 12.5 Å². The molecular weight excluding hydrogens is 348 g/mol. The summed E-state index contributed by atoms with van der Waals surface area (Å²) in [6.45, 7) is 2.60. The molecule has 8 heteroatoms. The van der Waals surface area contributed by atoms with Crippen LogP contribution in [-0.2, 0) is 25.7 Å². The van der Waals surface area contributed by atoms with Crippen molar-refractivity contribution in [3.63, 3.8) is 0 Å². The highest BCUT2D eigenvalue weighted by Gasteiger charge is 2.14. The minimum Gasteiger partial charge on any atom is -0.291 e. The number of hydrogen-bond donors (Lipinski definition) is 0. The lowest BCUT2D eigenvalue weighted by atomic mass is 10.0. The summed E-state index contributed by atoms with van der Waals surface area (Å²) in [5.41, 5.74) is 2.86. The van der Waals surface area contributed by atoms with Gasteiger partial charge in [-0.2, -0.15) is 0 Å². The number of nitrogens with zero attached hydrogens (tertiary/aromatic N) is 4. The number of benzene rings is 2. The molecule has 0 saturated heterocycles. The van der Waals surface area contributed by atoms with Gasteiger partial charge < -0.3 is 0 Å². The van der Waals surface area contributed by atoms with Crippen LogP contribution >= 0.6 is 0 Å². The van der Waals surface area contributed by atoms with Crippen molar-refractivity contribution in [1.29, 1.82) is 10.5 Å². The van der Waals surface area contributed by atoms with Crippen LogP contribution in [0.1, 0.15) is 25.0 Å². The van der Waals surface area contributed by atoms with Gasteiger partial charge in [0.2, 0.25) is 0 Å². The molecule has 0 atom stereocenters. The highest BCUT2D eigenvalue weighted by atomic mass is 16.7. The molecule has 2 amide bonds. The van der Waals surface area contributed by atoms with Crippen LogP contribution in [0.25, 0.3) is 0 Å². The Bertz CT molecular complexity index is 820. The van der Waals surface area contributed by atoms with E-state index in [9.17, 15) is 9.59 Å². The third-order valence-corrected chi connectivity index (χ3v) is 3.59. The van der Waals surface area contributed by atoms with E-state index in [-0.39, 0.29) is 0 Å². The predicted octanol–water partition coefficient (Wildman–Crippen LogP) is 2.81. The number of anilines is 2. The second kappa shape index (κ2) is 8.88. The second-order valence-corrected chi connectivity index (χ2v) is 5.50.